The Morgan fingerprint density at radius 2 is 2.22 bits per heavy atom. The van der Waals surface area contributed by atoms with Crippen LogP contribution in [0.5, 0.6) is 0 Å². The first kappa shape index (κ1) is 16.5. The van der Waals surface area contributed by atoms with Gasteiger partial charge in [0, 0.05) is 29.5 Å². The molecule has 1 aliphatic carbocycles. The molecule has 3 rings (SSSR count). The average Bonchev–Trinajstić information content (AvgIpc) is 3.15. The van der Waals surface area contributed by atoms with E-state index in [4.69, 9.17) is 0 Å². The van der Waals surface area contributed by atoms with Crippen LogP contribution in [0.2, 0.25) is 0 Å². The predicted molar refractivity (Wildman–Crippen MR) is 95.8 cm³/mol. The molecule has 2 heterocycles. The standard InChI is InChI=1S/C16H22N4OS2/c1-4-7-20-10(2)8-13(11(20)3)14(21)9-22-16-19-18-15(23-16)17-12-5-6-12/h8,12H,4-7,9H2,1-3H3,(H,17,18). The van der Waals surface area contributed by atoms with Gasteiger partial charge in [-0.3, -0.25) is 4.79 Å². The number of anilines is 1. The number of ketones is 1. The van der Waals surface area contributed by atoms with Crippen molar-refractivity contribution in [3.8, 4) is 0 Å². The normalized spacial score (nSPS) is 14.2. The summed E-state index contributed by atoms with van der Waals surface area (Å²) < 4.78 is 3.07. The lowest BCUT2D eigenvalue weighted by atomic mass is 10.2. The molecule has 0 spiro atoms. The molecule has 0 unspecified atom stereocenters. The highest BCUT2D eigenvalue weighted by Gasteiger charge is 2.22. The lowest BCUT2D eigenvalue weighted by Crippen LogP contribution is -2.06. The minimum absolute atomic E-state index is 0.164. The third kappa shape index (κ3) is 3.95. The van der Waals surface area contributed by atoms with E-state index in [-0.39, 0.29) is 5.78 Å². The van der Waals surface area contributed by atoms with Gasteiger partial charge in [-0.15, -0.1) is 10.2 Å². The molecule has 7 heteroatoms. The summed E-state index contributed by atoms with van der Waals surface area (Å²) in [4.78, 5) is 12.5. The van der Waals surface area contributed by atoms with Crippen LogP contribution in [0.4, 0.5) is 5.13 Å². The smallest absolute Gasteiger partial charge is 0.206 e. The van der Waals surface area contributed by atoms with Crippen LogP contribution in [0.25, 0.3) is 0 Å². The van der Waals surface area contributed by atoms with E-state index in [1.54, 1.807) is 0 Å². The first-order valence-electron chi connectivity index (χ1n) is 8.01. The fourth-order valence-corrected chi connectivity index (χ4v) is 4.30. The van der Waals surface area contributed by atoms with Gasteiger partial charge in [-0.2, -0.15) is 0 Å². The summed E-state index contributed by atoms with van der Waals surface area (Å²) in [7, 11) is 0. The fourth-order valence-electron chi connectivity index (χ4n) is 2.58. The summed E-state index contributed by atoms with van der Waals surface area (Å²) in [6.07, 6.45) is 3.50. The molecule has 1 N–H and O–H groups in total. The molecule has 0 amide bonds. The van der Waals surface area contributed by atoms with Crippen molar-refractivity contribution in [3.63, 3.8) is 0 Å². The van der Waals surface area contributed by atoms with Gasteiger partial charge in [-0.1, -0.05) is 30.0 Å². The van der Waals surface area contributed by atoms with E-state index in [1.807, 2.05) is 13.0 Å². The first-order valence-corrected chi connectivity index (χ1v) is 9.81. The van der Waals surface area contributed by atoms with Crippen molar-refractivity contribution in [2.75, 3.05) is 11.1 Å². The van der Waals surface area contributed by atoms with Gasteiger partial charge in [0.05, 0.1) is 5.75 Å². The number of nitrogens with zero attached hydrogens (tertiary/aromatic N) is 3. The Balaban J connectivity index is 1.60. The molecule has 0 aromatic carbocycles. The van der Waals surface area contributed by atoms with Crippen LogP contribution in [0.1, 0.15) is 47.9 Å². The molecule has 0 atom stereocenters. The number of aromatic nitrogens is 3. The molecule has 2 aromatic heterocycles. The van der Waals surface area contributed by atoms with Crippen molar-refractivity contribution >= 4 is 34.0 Å². The summed E-state index contributed by atoms with van der Waals surface area (Å²) >= 11 is 3.01. The maximum atomic E-state index is 12.5. The molecule has 1 aliphatic rings. The Kier molecular flexibility index (Phi) is 5.06. The highest BCUT2D eigenvalue weighted by molar-refractivity contribution is 8.01. The number of Topliss-reactive ketones (excluding diaryl/α,β-unsaturated/α-hetero) is 1. The molecular weight excluding hydrogens is 328 g/mol. The molecule has 23 heavy (non-hydrogen) atoms. The van der Waals surface area contributed by atoms with Crippen LogP contribution >= 0.6 is 23.1 Å². The molecule has 1 saturated carbocycles. The lowest BCUT2D eigenvalue weighted by molar-refractivity contribution is 0.102. The van der Waals surface area contributed by atoms with E-state index < -0.39 is 0 Å². The number of thioether (sulfide) groups is 1. The Bertz CT molecular complexity index is 703. The van der Waals surface area contributed by atoms with E-state index in [0.717, 1.165) is 39.4 Å². The second kappa shape index (κ2) is 7.05. The highest BCUT2D eigenvalue weighted by Crippen LogP contribution is 2.30. The van der Waals surface area contributed by atoms with E-state index in [9.17, 15) is 4.79 Å². The van der Waals surface area contributed by atoms with Gasteiger partial charge >= 0.3 is 0 Å². The number of hydrogen-bond acceptors (Lipinski definition) is 6. The molecule has 0 saturated heterocycles. The van der Waals surface area contributed by atoms with Gasteiger partial charge in [-0.25, -0.2) is 0 Å². The minimum Gasteiger partial charge on any atom is -0.357 e. The third-order valence-corrected chi connectivity index (χ3v) is 5.95. The monoisotopic (exact) mass is 350 g/mol. The largest absolute Gasteiger partial charge is 0.357 e. The molecule has 0 aliphatic heterocycles. The number of hydrogen-bond donors (Lipinski definition) is 1. The van der Waals surface area contributed by atoms with Gasteiger partial charge in [0.15, 0.2) is 10.1 Å². The second-order valence-electron chi connectivity index (χ2n) is 5.94. The number of aryl methyl sites for hydroxylation is 1. The molecule has 124 valence electrons. The molecule has 0 radical (unpaired) electrons. The topological polar surface area (TPSA) is 59.8 Å². The second-order valence-corrected chi connectivity index (χ2v) is 8.14. The Morgan fingerprint density at radius 1 is 1.43 bits per heavy atom. The summed E-state index contributed by atoms with van der Waals surface area (Å²) in [5.41, 5.74) is 3.07. The zero-order valence-electron chi connectivity index (χ0n) is 13.8. The van der Waals surface area contributed by atoms with Crippen molar-refractivity contribution in [3.05, 3.63) is 23.0 Å². The number of nitrogens with one attached hydrogen (secondary N) is 1. The summed E-state index contributed by atoms with van der Waals surface area (Å²) in [5.74, 6) is 0.575. The zero-order valence-corrected chi connectivity index (χ0v) is 15.4. The van der Waals surface area contributed by atoms with E-state index in [1.165, 1.54) is 35.9 Å². The summed E-state index contributed by atoms with van der Waals surface area (Å²) in [5, 5.41) is 12.5. The maximum absolute atomic E-state index is 12.5. The quantitative estimate of drug-likeness (QED) is 0.578. The van der Waals surface area contributed by atoms with Gasteiger partial charge in [0.1, 0.15) is 0 Å². The van der Waals surface area contributed by atoms with E-state index in [0.29, 0.717) is 11.8 Å². The predicted octanol–water partition coefficient (Wildman–Crippen LogP) is 3.92. The third-order valence-electron chi connectivity index (χ3n) is 3.96. The van der Waals surface area contributed by atoms with Crippen LogP contribution in [-0.4, -0.2) is 32.3 Å². The summed E-state index contributed by atoms with van der Waals surface area (Å²) in [6.45, 7) is 7.21. The van der Waals surface area contributed by atoms with Crippen molar-refractivity contribution < 1.29 is 4.79 Å². The summed E-state index contributed by atoms with van der Waals surface area (Å²) in [6, 6.07) is 2.58. The number of rotatable bonds is 8. The Labute approximate surface area is 144 Å². The molecular formula is C16H22N4OS2. The average molecular weight is 351 g/mol. The highest BCUT2D eigenvalue weighted by atomic mass is 32.2. The van der Waals surface area contributed by atoms with Gasteiger partial charge < -0.3 is 9.88 Å². The van der Waals surface area contributed by atoms with Crippen molar-refractivity contribution in [1.82, 2.24) is 14.8 Å². The van der Waals surface area contributed by atoms with Crippen LogP contribution in [0.15, 0.2) is 10.4 Å². The van der Waals surface area contributed by atoms with Crippen molar-refractivity contribution in [2.24, 2.45) is 0 Å². The Hall–Kier alpha value is -1.34. The van der Waals surface area contributed by atoms with Gasteiger partial charge in [0.25, 0.3) is 0 Å². The van der Waals surface area contributed by atoms with E-state index in [2.05, 4.69) is 33.9 Å². The number of carbonyl (C=O) groups excluding carboxylic acids is 1. The van der Waals surface area contributed by atoms with Gasteiger partial charge in [-0.05, 0) is 39.2 Å². The van der Waals surface area contributed by atoms with Crippen LogP contribution < -0.4 is 5.32 Å². The first-order chi connectivity index (χ1) is 11.1. The SMILES string of the molecule is CCCn1c(C)cc(C(=O)CSc2nnc(NC3CC3)s2)c1C. The maximum Gasteiger partial charge on any atom is 0.206 e. The van der Waals surface area contributed by atoms with Crippen molar-refractivity contribution in [1.29, 1.82) is 0 Å². The minimum atomic E-state index is 0.164. The van der Waals surface area contributed by atoms with Crippen LogP contribution in [-0.2, 0) is 6.54 Å². The van der Waals surface area contributed by atoms with Crippen LogP contribution in [0.3, 0.4) is 0 Å². The molecule has 1 fully saturated rings. The molecule has 5 nitrogen and oxygen atoms in total. The van der Waals surface area contributed by atoms with Crippen LogP contribution in [0, 0.1) is 13.8 Å². The zero-order chi connectivity index (χ0) is 16.4. The molecule has 2 aromatic rings. The Morgan fingerprint density at radius 3 is 2.91 bits per heavy atom. The lowest BCUT2D eigenvalue weighted by Gasteiger charge is -2.07. The molecule has 0 bridgehead atoms. The van der Waals surface area contributed by atoms with E-state index >= 15 is 0 Å². The number of carbonyl (C=O) groups is 1. The van der Waals surface area contributed by atoms with Crippen molar-refractivity contribution in [2.45, 2.75) is 57.0 Å². The van der Waals surface area contributed by atoms with Gasteiger partial charge in [0.2, 0.25) is 5.13 Å². The fraction of sp³-hybridized carbons (Fsp3) is 0.562.